The molecule has 1 saturated carbocycles. The Kier molecular flexibility index (Phi) is 6.83. The van der Waals surface area contributed by atoms with Crippen molar-refractivity contribution in [2.45, 2.75) is 52.2 Å². The van der Waals surface area contributed by atoms with E-state index in [4.69, 9.17) is 9.47 Å². The number of nitrogens with zero attached hydrogens (tertiary/aromatic N) is 2. The molecule has 1 fully saturated rings. The number of methoxy groups -OCH3 is 1. The van der Waals surface area contributed by atoms with Crippen LogP contribution < -0.4 is 9.47 Å². The van der Waals surface area contributed by atoms with Gasteiger partial charge in [0.15, 0.2) is 11.5 Å². The molecule has 0 spiro atoms. The highest BCUT2D eigenvalue weighted by molar-refractivity contribution is 6.19. The van der Waals surface area contributed by atoms with E-state index in [0.29, 0.717) is 29.3 Å². The highest BCUT2D eigenvalue weighted by atomic mass is 16.5. The van der Waals surface area contributed by atoms with Gasteiger partial charge in [0, 0.05) is 11.6 Å². The lowest BCUT2D eigenvalue weighted by atomic mass is 9.92. The van der Waals surface area contributed by atoms with Crippen LogP contribution in [0.4, 0.5) is 0 Å². The van der Waals surface area contributed by atoms with Crippen LogP contribution in [-0.2, 0) is 16.2 Å². The summed E-state index contributed by atoms with van der Waals surface area (Å²) in [6.45, 7) is 4.10. The van der Waals surface area contributed by atoms with Crippen LogP contribution in [0.2, 0.25) is 0 Å². The van der Waals surface area contributed by atoms with E-state index in [0.717, 1.165) is 36.8 Å². The van der Waals surface area contributed by atoms with E-state index in [2.05, 4.69) is 0 Å². The fourth-order valence-corrected chi connectivity index (χ4v) is 4.50. The molecule has 2 aliphatic rings. The van der Waals surface area contributed by atoms with E-state index in [1.807, 2.05) is 43.3 Å². The summed E-state index contributed by atoms with van der Waals surface area (Å²) >= 11 is 0. The maximum atomic E-state index is 13.3. The van der Waals surface area contributed by atoms with Crippen molar-refractivity contribution in [3.63, 3.8) is 0 Å². The van der Waals surface area contributed by atoms with Crippen molar-refractivity contribution in [3.05, 3.63) is 75.9 Å². The minimum atomic E-state index is -0.480. The van der Waals surface area contributed by atoms with Crippen molar-refractivity contribution >= 4 is 17.9 Å². The average molecular weight is 457 g/mol. The fourth-order valence-electron chi connectivity index (χ4n) is 4.50. The zero-order valence-corrected chi connectivity index (χ0v) is 19.8. The van der Waals surface area contributed by atoms with Crippen LogP contribution in [0.5, 0.6) is 11.5 Å². The summed E-state index contributed by atoms with van der Waals surface area (Å²) in [7, 11) is 1.57. The summed E-state index contributed by atoms with van der Waals surface area (Å²) in [6.07, 6.45) is 5.24. The summed E-state index contributed by atoms with van der Waals surface area (Å²) in [5.74, 6) is 0.307. The van der Waals surface area contributed by atoms with Crippen molar-refractivity contribution < 1.29 is 19.1 Å². The maximum Gasteiger partial charge on any atom is 0.271 e. The Labute approximate surface area is 200 Å². The Balaban J connectivity index is 1.63. The van der Waals surface area contributed by atoms with Gasteiger partial charge in [0.25, 0.3) is 11.8 Å². The first-order chi connectivity index (χ1) is 16.4. The molecule has 34 heavy (non-hydrogen) atoms. The lowest BCUT2D eigenvalue weighted by Gasteiger charge is -2.32. The smallest absolute Gasteiger partial charge is 0.271 e. The van der Waals surface area contributed by atoms with Gasteiger partial charge in [-0.25, -0.2) is 0 Å². The number of carbonyl (C=O) groups excluding carboxylic acids is 2. The molecule has 1 aliphatic heterocycles. The zero-order valence-electron chi connectivity index (χ0n) is 19.8. The van der Waals surface area contributed by atoms with Crippen molar-refractivity contribution in [3.8, 4) is 17.6 Å². The molecule has 0 N–H and O–H groups in total. The number of hydrogen-bond acceptors (Lipinski definition) is 5. The number of aryl methyl sites for hydroxylation is 1. The molecule has 0 radical (unpaired) electrons. The number of amides is 2. The molecule has 2 aromatic rings. The molecule has 4 rings (SSSR count). The van der Waals surface area contributed by atoms with Gasteiger partial charge < -0.3 is 9.47 Å². The van der Waals surface area contributed by atoms with E-state index in [1.165, 1.54) is 10.5 Å². The molecule has 0 saturated heterocycles. The first-order valence-electron chi connectivity index (χ1n) is 11.5. The number of nitriles is 1. The number of carbonyl (C=O) groups is 2. The highest BCUT2D eigenvalue weighted by Crippen LogP contribution is 2.35. The molecule has 0 bridgehead atoms. The van der Waals surface area contributed by atoms with Gasteiger partial charge in [0.2, 0.25) is 0 Å². The van der Waals surface area contributed by atoms with Crippen molar-refractivity contribution in [2.24, 2.45) is 0 Å². The van der Waals surface area contributed by atoms with Crippen LogP contribution >= 0.6 is 0 Å². The monoisotopic (exact) mass is 456 g/mol. The summed E-state index contributed by atoms with van der Waals surface area (Å²) in [5.41, 5.74) is 3.76. The Hall–Kier alpha value is -3.85. The second-order valence-corrected chi connectivity index (χ2v) is 8.77. The molecule has 0 unspecified atom stereocenters. The summed E-state index contributed by atoms with van der Waals surface area (Å²) in [6, 6.07) is 15.4. The van der Waals surface area contributed by atoms with Crippen molar-refractivity contribution in [1.82, 2.24) is 4.90 Å². The summed E-state index contributed by atoms with van der Waals surface area (Å²) in [4.78, 5) is 27.5. The molecular weight excluding hydrogens is 428 g/mol. The molecule has 1 aliphatic carbocycles. The van der Waals surface area contributed by atoms with E-state index in [9.17, 15) is 14.9 Å². The third kappa shape index (κ3) is 4.60. The van der Waals surface area contributed by atoms with Crippen LogP contribution in [0.3, 0.4) is 0 Å². The van der Waals surface area contributed by atoms with Crippen LogP contribution in [0.1, 0.15) is 49.3 Å². The Morgan fingerprint density at radius 2 is 1.74 bits per heavy atom. The maximum absolute atomic E-state index is 13.3. The third-order valence-corrected chi connectivity index (χ3v) is 6.48. The van der Waals surface area contributed by atoms with Gasteiger partial charge in [-0.2, -0.15) is 5.26 Å². The van der Waals surface area contributed by atoms with E-state index < -0.39 is 5.91 Å². The number of hydrogen-bond donors (Lipinski definition) is 0. The highest BCUT2D eigenvalue weighted by Gasteiger charge is 2.40. The predicted octanol–water partition coefficient (Wildman–Crippen LogP) is 5.12. The standard InChI is InChI=1S/C28H28N2O4/c1-18-8-10-20(11-9-18)17-34-25-13-12-21(15-26(25)33-3)14-23-19(2)24(16-29)28(32)30(27(23)31)22-6-4-5-7-22/h8-15,22H,4-7,17H2,1-3H3/b23-14+. The third-order valence-electron chi connectivity index (χ3n) is 6.48. The molecule has 6 nitrogen and oxygen atoms in total. The summed E-state index contributed by atoms with van der Waals surface area (Å²) < 4.78 is 11.5. The quantitative estimate of drug-likeness (QED) is 0.445. The van der Waals surface area contributed by atoms with Crippen molar-refractivity contribution in [1.29, 1.82) is 5.26 Å². The minimum absolute atomic E-state index is 0.0303. The molecule has 0 aromatic heterocycles. The van der Waals surface area contributed by atoms with E-state index >= 15 is 0 Å². The van der Waals surface area contributed by atoms with Gasteiger partial charge in [-0.1, -0.05) is 48.7 Å². The fraction of sp³-hybridized carbons (Fsp3) is 0.321. The molecular formula is C28H28N2O4. The van der Waals surface area contributed by atoms with Crippen LogP contribution in [0, 0.1) is 18.3 Å². The average Bonchev–Trinajstić information content (AvgIpc) is 3.36. The Bertz CT molecular complexity index is 1210. The molecule has 2 amide bonds. The first-order valence-corrected chi connectivity index (χ1v) is 11.5. The lowest BCUT2D eigenvalue weighted by Crippen LogP contribution is -2.47. The zero-order chi connectivity index (χ0) is 24.2. The Morgan fingerprint density at radius 3 is 2.38 bits per heavy atom. The van der Waals surface area contributed by atoms with Gasteiger partial charge in [-0.15, -0.1) is 0 Å². The van der Waals surface area contributed by atoms with Gasteiger partial charge in [-0.3, -0.25) is 14.5 Å². The number of imide groups is 1. The topological polar surface area (TPSA) is 79.6 Å². The van der Waals surface area contributed by atoms with Gasteiger partial charge in [0.1, 0.15) is 18.2 Å². The number of benzene rings is 2. The molecule has 0 atom stereocenters. The molecule has 2 aromatic carbocycles. The second kappa shape index (κ2) is 9.96. The van der Waals surface area contributed by atoms with Crippen molar-refractivity contribution in [2.75, 3.05) is 7.11 Å². The van der Waals surface area contributed by atoms with E-state index in [1.54, 1.807) is 32.2 Å². The molecule has 6 heteroatoms. The Morgan fingerprint density at radius 1 is 1.03 bits per heavy atom. The first kappa shape index (κ1) is 23.3. The predicted molar refractivity (Wildman–Crippen MR) is 129 cm³/mol. The number of ether oxygens (including phenoxy) is 2. The van der Waals surface area contributed by atoms with Crippen LogP contribution in [0.25, 0.3) is 6.08 Å². The lowest BCUT2D eigenvalue weighted by molar-refractivity contribution is -0.143. The van der Waals surface area contributed by atoms with Crippen LogP contribution in [-0.4, -0.2) is 29.9 Å². The second-order valence-electron chi connectivity index (χ2n) is 8.77. The van der Waals surface area contributed by atoms with E-state index in [-0.39, 0.29) is 17.5 Å². The van der Waals surface area contributed by atoms with Gasteiger partial charge >= 0.3 is 0 Å². The number of rotatable bonds is 6. The largest absolute Gasteiger partial charge is 0.493 e. The van der Waals surface area contributed by atoms with Gasteiger partial charge in [0.05, 0.1) is 7.11 Å². The normalized spacial score (nSPS) is 17.9. The molecule has 1 heterocycles. The van der Waals surface area contributed by atoms with Crippen LogP contribution in [0.15, 0.2) is 59.2 Å². The molecule has 174 valence electrons. The van der Waals surface area contributed by atoms with Gasteiger partial charge in [-0.05, 0) is 61.6 Å². The summed E-state index contributed by atoms with van der Waals surface area (Å²) in [5, 5.41) is 9.62. The SMILES string of the molecule is COc1cc(/C=C2/C(=O)N(C3CCCC3)C(=O)C(C#N)=C2C)ccc1OCc1ccc(C)cc1. The minimum Gasteiger partial charge on any atom is -0.493 e.